The van der Waals surface area contributed by atoms with Gasteiger partial charge in [-0.1, -0.05) is 98.8 Å². The minimum absolute atomic E-state index is 0.475. The van der Waals surface area contributed by atoms with Crippen LogP contribution in [-0.4, -0.2) is 13.7 Å². The number of para-hydroxylation sites is 4. The third-order valence-electron chi connectivity index (χ3n) is 10.1. The summed E-state index contributed by atoms with van der Waals surface area (Å²) in [5, 5.41) is 7.72. The van der Waals surface area contributed by atoms with E-state index in [2.05, 4.69) is 173 Å². The highest BCUT2D eigenvalue weighted by Gasteiger charge is 2.19. The van der Waals surface area contributed by atoms with Crippen molar-refractivity contribution in [3.05, 3.63) is 146 Å². The SMILES string of the molecule is CC/C=C/C(CC)Cn1c2ccc(-n3c4ccccc4c4ccccc43)cc2c2cc(-n3c4ccccc4c4ccccc43)ccc21. The summed E-state index contributed by atoms with van der Waals surface area (Å²) in [4.78, 5) is 0. The Morgan fingerprint density at radius 2 is 0.872 bits per heavy atom. The summed E-state index contributed by atoms with van der Waals surface area (Å²) in [5.41, 5.74) is 9.89. The van der Waals surface area contributed by atoms with Gasteiger partial charge in [-0.05, 0) is 79.4 Å². The number of hydrogen-bond donors (Lipinski definition) is 0. The third-order valence-corrected chi connectivity index (χ3v) is 10.1. The molecule has 0 saturated heterocycles. The summed E-state index contributed by atoms with van der Waals surface area (Å²) in [6.45, 7) is 5.48. The fourth-order valence-corrected chi connectivity index (χ4v) is 7.85. The Bertz CT molecular complexity index is 2360. The van der Waals surface area contributed by atoms with Crippen LogP contribution in [0.2, 0.25) is 0 Å². The molecular formula is C44H37N3. The smallest absolute Gasteiger partial charge is 0.0541 e. The molecule has 0 saturated carbocycles. The van der Waals surface area contributed by atoms with E-state index in [0.29, 0.717) is 5.92 Å². The predicted octanol–water partition coefficient (Wildman–Crippen LogP) is 12.0. The van der Waals surface area contributed by atoms with E-state index in [-0.39, 0.29) is 0 Å². The highest BCUT2D eigenvalue weighted by molar-refractivity contribution is 6.13. The predicted molar refractivity (Wildman–Crippen MR) is 201 cm³/mol. The molecular weight excluding hydrogens is 571 g/mol. The van der Waals surface area contributed by atoms with E-state index < -0.39 is 0 Å². The van der Waals surface area contributed by atoms with Crippen molar-refractivity contribution in [3.63, 3.8) is 0 Å². The zero-order chi connectivity index (χ0) is 31.5. The summed E-state index contributed by atoms with van der Waals surface area (Å²) in [6.07, 6.45) is 6.91. The van der Waals surface area contributed by atoms with Crippen molar-refractivity contribution in [1.82, 2.24) is 13.7 Å². The van der Waals surface area contributed by atoms with Gasteiger partial charge in [0.2, 0.25) is 0 Å². The van der Waals surface area contributed by atoms with Gasteiger partial charge in [0.05, 0.1) is 22.1 Å². The quantitative estimate of drug-likeness (QED) is 0.160. The van der Waals surface area contributed by atoms with Crippen LogP contribution in [0.15, 0.2) is 146 Å². The zero-order valence-corrected chi connectivity index (χ0v) is 26.9. The van der Waals surface area contributed by atoms with Crippen LogP contribution in [0.5, 0.6) is 0 Å². The number of fused-ring (bicyclic) bond motifs is 9. The molecule has 47 heavy (non-hydrogen) atoms. The Morgan fingerprint density at radius 3 is 1.26 bits per heavy atom. The number of rotatable bonds is 7. The first-order valence-corrected chi connectivity index (χ1v) is 16.9. The average Bonchev–Trinajstić information content (AvgIpc) is 3.75. The minimum Gasteiger partial charge on any atom is -0.340 e. The van der Waals surface area contributed by atoms with Crippen LogP contribution in [0.4, 0.5) is 0 Å². The summed E-state index contributed by atoms with van der Waals surface area (Å²) >= 11 is 0. The van der Waals surface area contributed by atoms with E-state index in [9.17, 15) is 0 Å². The van der Waals surface area contributed by atoms with Crippen molar-refractivity contribution in [1.29, 1.82) is 0 Å². The Kier molecular flexibility index (Phi) is 6.53. The first-order valence-electron chi connectivity index (χ1n) is 16.9. The minimum atomic E-state index is 0.475. The number of hydrogen-bond acceptors (Lipinski definition) is 0. The standard InChI is InChI=1S/C44H37N3/c1-3-5-14-30(4-2)29-45-39-25-23-31(46-41-19-10-6-15-33(41)34-16-7-11-20-42(34)46)27-37(39)38-28-32(24-26-40(38)45)47-43-21-12-8-17-35(43)36-18-9-13-22-44(36)47/h5-28,30H,3-4,29H2,1-2H3/b14-5+. The molecule has 0 spiro atoms. The molecule has 0 aliphatic carbocycles. The molecule has 9 aromatic rings. The summed E-state index contributed by atoms with van der Waals surface area (Å²) < 4.78 is 7.43. The Labute approximate surface area is 274 Å². The number of aromatic nitrogens is 3. The third kappa shape index (κ3) is 4.26. The second-order valence-corrected chi connectivity index (χ2v) is 12.8. The Hall–Kier alpha value is -5.54. The van der Waals surface area contributed by atoms with Crippen molar-refractivity contribution in [2.75, 3.05) is 0 Å². The fourth-order valence-electron chi connectivity index (χ4n) is 7.85. The van der Waals surface area contributed by atoms with Crippen molar-refractivity contribution >= 4 is 65.4 Å². The molecule has 3 heteroatoms. The molecule has 6 aromatic carbocycles. The second kappa shape index (κ2) is 11.1. The van der Waals surface area contributed by atoms with Gasteiger partial charge in [0.15, 0.2) is 0 Å². The molecule has 0 radical (unpaired) electrons. The number of benzene rings is 6. The first-order chi connectivity index (χ1) is 23.2. The summed E-state index contributed by atoms with van der Waals surface area (Å²) in [6, 6.07) is 49.3. The van der Waals surface area contributed by atoms with Crippen LogP contribution in [-0.2, 0) is 6.54 Å². The van der Waals surface area contributed by atoms with E-state index in [0.717, 1.165) is 19.4 Å². The lowest BCUT2D eigenvalue weighted by atomic mass is 10.1. The summed E-state index contributed by atoms with van der Waals surface area (Å²) in [7, 11) is 0. The van der Waals surface area contributed by atoms with Gasteiger partial charge in [-0.25, -0.2) is 0 Å². The van der Waals surface area contributed by atoms with Crippen LogP contribution in [0.1, 0.15) is 26.7 Å². The molecule has 1 atom stereocenters. The lowest BCUT2D eigenvalue weighted by molar-refractivity contribution is 0.534. The van der Waals surface area contributed by atoms with Crippen LogP contribution >= 0.6 is 0 Å². The van der Waals surface area contributed by atoms with E-state index in [1.54, 1.807) is 0 Å². The molecule has 9 rings (SSSR count). The van der Waals surface area contributed by atoms with Gasteiger partial charge in [0, 0.05) is 61.3 Å². The van der Waals surface area contributed by atoms with E-state index in [4.69, 9.17) is 0 Å². The highest BCUT2D eigenvalue weighted by Crippen LogP contribution is 2.38. The van der Waals surface area contributed by atoms with Gasteiger partial charge in [0.25, 0.3) is 0 Å². The Balaban J connectivity index is 1.33. The van der Waals surface area contributed by atoms with Crippen molar-refractivity contribution in [2.45, 2.75) is 33.2 Å². The monoisotopic (exact) mass is 607 g/mol. The maximum atomic E-state index is 2.56. The van der Waals surface area contributed by atoms with Crippen molar-refractivity contribution < 1.29 is 0 Å². The molecule has 0 fully saturated rings. The zero-order valence-electron chi connectivity index (χ0n) is 26.9. The molecule has 3 nitrogen and oxygen atoms in total. The number of allylic oxidation sites excluding steroid dienone is 2. The van der Waals surface area contributed by atoms with Gasteiger partial charge in [-0.15, -0.1) is 0 Å². The normalized spacial score (nSPS) is 13.0. The van der Waals surface area contributed by atoms with E-state index in [1.807, 2.05) is 0 Å². The largest absolute Gasteiger partial charge is 0.340 e. The van der Waals surface area contributed by atoms with Crippen LogP contribution in [0.3, 0.4) is 0 Å². The van der Waals surface area contributed by atoms with Gasteiger partial charge >= 0.3 is 0 Å². The fraction of sp³-hybridized carbons (Fsp3) is 0.136. The molecule has 0 amide bonds. The molecule has 228 valence electrons. The van der Waals surface area contributed by atoms with E-state index >= 15 is 0 Å². The van der Waals surface area contributed by atoms with Gasteiger partial charge in [-0.2, -0.15) is 0 Å². The maximum Gasteiger partial charge on any atom is 0.0541 e. The average molecular weight is 608 g/mol. The molecule has 3 aromatic heterocycles. The van der Waals surface area contributed by atoms with Gasteiger partial charge in [0.1, 0.15) is 0 Å². The summed E-state index contributed by atoms with van der Waals surface area (Å²) in [5.74, 6) is 0.475. The number of nitrogens with zero attached hydrogens (tertiary/aromatic N) is 3. The second-order valence-electron chi connectivity index (χ2n) is 12.8. The van der Waals surface area contributed by atoms with Crippen LogP contribution in [0.25, 0.3) is 76.8 Å². The van der Waals surface area contributed by atoms with E-state index in [1.165, 1.54) is 76.8 Å². The molecule has 0 aliphatic rings. The highest BCUT2D eigenvalue weighted by atomic mass is 15.0. The topological polar surface area (TPSA) is 14.8 Å². The van der Waals surface area contributed by atoms with Gasteiger partial charge in [-0.3, -0.25) is 0 Å². The maximum absolute atomic E-state index is 2.56. The van der Waals surface area contributed by atoms with Gasteiger partial charge < -0.3 is 13.7 Å². The van der Waals surface area contributed by atoms with Crippen LogP contribution < -0.4 is 0 Å². The first kappa shape index (κ1) is 27.7. The lowest BCUT2D eigenvalue weighted by Gasteiger charge is -2.15. The molecule has 3 heterocycles. The molecule has 0 bridgehead atoms. The molecule has 1 unspecified atom stereocenters. The Morgan fingerprint density at radius 1 is 0.468 bits per heavy atom. The molecule has 0 aliphatic heterocycles. The van der Waals surface area contributed by atoms with Crippen LogP contribution in [0, 0.1) is 5.92 Å². The lowest BCUT2D eigenvalue weighted by Crippen LogP contribution is -2.08. The van der Waals surface area contributed by atoms with Crippen molar-refractivity contribution in [2.24, 2.45) is 5.92 Å². The molecule has 0 N–H and O–H groups in total. The van der Waals surface area contributed by atoms with Crippen molar-refractivity contribution in [3.8, 4) is 11.4 Å².